The molecule has 4 rings (SSSR count). The van der Waals surface area contributed by atoms with E-state index in [1.807, 2.05) is 30.7 Å². The molecule has 1 aliphatic heterocycles. The molecule has 29 heavy (non-hydrogen) atoms. The molecule has 9 heteroatoms. The van der Waals surface area contributed by atoms with Gasteiger partial charge in [0.25, 0.3) is 0 Å². The highest BCUT2D eigenvalue weighted by Crippen LogP contribution is 2.39. The van der Waals surface area contributed by atoms with Crippen molar-refractivity contribution in [3.63, 3.8) is 0 Å². The number of fused-ring (bicyclic) bond motifs is 2. The number of aromatic nitrogens is 3. The summed E-state index contributed by atoms with van der Waals surface area (Å²) in [5, 5.41) is 11.1. The lowest BCUT2D eigenvalue weighted by Crippen LogP contribution is -2.50. The highest BCUT2D eigenvalue weighted by Gasteiger charge is 2.51. The number of amides is 3. The molecule has 1 N–H and O–H groups in total. The molecule has 1 saturated carbocycles. The SMILES string of the molecule is CSCCC(C(=O)NCc1nnc2ccccn12)N1C(=O)C2CCCCC2C1=O. The van der Waals surface area contributed by atoms with Crippen molar-refractivity contribution in [2.75, 3.05) is 12.0 Å². The Kier molecular flexibility index (Phi) is 5.84. The van der Waals surface area contributed by atoms with Crippen LogP contribution in [-0.4, -0.2) is 55.3 Å². The van der Waals surface area contributed by atoms with E-state index < -0.39 is 6.04 Å². The Bertz CT molecular complexity index is 906. The topological polar surface area (TPSA) is 96.7 Å². The fourth-order valence-corrected chi connectivity index (χ4v) is 4.86. The lowest BCUT2D eigenvalue weighted by Gasteiger charge is -2.25. The zero-order valence-electron chi connectivity index (χ0n) is 16.4. The second-order valence-corrected chi connectivity index (χ2v) is 8.59. The third kappa shape index (κ3) is 3.75. The van der Waals surface area contributed by atoms with E-state index in [9.17, 15) is 14.4 Å². The molecule has 3 atom stereocenters. The van der Waals surface area contributed by atoms with Gasteiger partial charge in [0, 0.05) is 6.20 Å². The molecule has 1 saturated heterocycles. The Balaban J connectivity index is 1.50. The average molecular weight is 416 g/mol. The van der Waals surface area contributed by atoms with Crippen LogP contribution in [0.2, 0.25) is 0 Å². The Hall–Kier alpha value is -2.42. The van der Waals surface area contributed by atoms with E-state index >= 15 is 0 Å². The van der Waals surface area contributed by atoms with Gasteiger partial charge < -0.3 is 5.32 Å². The quantitative estimate of drug-likeness (QED) is 0.691. The van der Waals surface area contributed by atoms with Crippen molar-refractivity contribution in [2.45, 2.75) is 44.7 Å². The monoisotopic (exact) mass is 415 g/mol. The van der Waals surface area contributed by atoms with E-state index in [0.29, 0.717) is 23.6 Å². The standard InChI is InChI=1S/C20H25N5O3S/c1-29-11-9-15(25-19(27)13-6-2-3-7-14(13)20(25)28)18(26)21-12-17-23-22-16-8-4-5-10-24(16)17/h4-5,8,10,13-15H,2-3,6-7,9,11-12H2,1H3,(H,21,26). The van der Waals surface area contributed by atoms with E-state index in [1.165, 1.54) is 4.90 Å². The van der Waals surface area contributed by atoms with Crippen molar-refractivity contribution < 1.29 is 14.4 Å². The first-order chi connectivity index (χ1) is 14.1. The first kappa shape index (κ1) is 19.9. The summed E-state index contributed by atoms with van der Waals surface area (Å²) in [6.45, 7) is 0.183. The van der Waals surface area contributed by atoms with Gasteiger partial charge in [0.2, 0.25) is 17.7 Å². The number of hydrogen-bond donors (Lipinski definition) is 1. The number of nitrogens with zero attached hydrogens (tertiary/aromatic N) is 4. The van der Waals surface area contributed by atoms with Gasteiger partial charge in [0.1, 0.15) is 6.04 Å². The fraction of sp³-hybridized carbons (Fsp3) is 0.550. The Labute approximate surface area is 173 Å². The van der Waals surface area contributed by atoms with Crippen LogP contribution in [0, 0.1) is 11.8 Å². The maximum Gasteiger partial charge on any atom is 0.243 e. The van der Waals surface area contributed by atoms with Crippen molar-refractivity contribution in [1.82, 2.24) is 24.8 Å². The number of thioether (sulfide) groups is 1. The largest absolute Gasteiger partial charge is 0.347 e. The number of hydrogen-bond acceptors (Lipinski definition) is 6. The molecule has 0 bridgehead atoms. The van der Waals surface area contributed by atoms with Gasteiger partial charge in [-0.1, -0.05) is 18.9 Å². The molecule has 3 unspecified atom stereocenters. The number of carbonyl (C=O) groups is 3. The molecular weight excluding hydrogens is 390 g/mol. The van der Waals surface area contributed by atoms with Gasteiger partial charge >= 0.3 is 0 Å². The van der Waals surface area contributed by atoms with Crippen LogP contribution in [-0.2, 0) is 20.9 Å². The first-order valence-electron chi connectivity index (χ1n) is 10.0. The van der Waals surface area contributed by atoms with Gasteiger partial charge in [-0.3, -0.25) is 23.7 Å². The second kappa shape index (κ2) is 8.52. The maximum atomic E-state index is 13.0. The highest BCUT2D eigenvalue weighted by molar-refractivity contribution is 7.98. The summed E-state index contributed by atoms with van der Waals surface area (Å²) in [7, 11) is 0. The minimum absolute atomic E-state index is 0.172. The summed E-state index contributed by atoms with van der Waals surface area (Å²) in [5.41, 5.74) is 0.699. The molecule has 2 fully saturated rings. The smallest absolute Gasteiger partial charge is 0.243 e. The predicted octanol–water partition coefficient (Wildman–Crippen LogP) is 1.64. The molecule has 0 radical (unpaired) electrons. The number of nitrogens with one attached hydrogen (secondary N) is 1. The molecular formula is C20H25N5O3S. The van der Waals surface area contributed by atoms with Crippen molar-refractivity contribution in [3.05, 3.63) is 30.2 Å². The molecule has 0 spiro atoms. The lowest BCUT2D eigenvalue weighted by atomic mass is 9.81. The normalized spacial score (nSPS) is 22.7. The number of likely N-dealkylation sites (tertiary alicyclic amines) is 1. The minimum Gasteiger partial charge on any atom is -0.347 e. The fourth-order valence-electron chi connectivity index (χ4n) is 4.40. The molecule has 3 amide bonds. The molecule has 154 valence electrons. The van der Waals surface area contributed by atoms with Crippen molar-refractivity contribution in [3.8, 4) is 0 Å². The number of imide groups is 1. The molecule has 3 heterocycles. The average Bonchev–Trinajstić information content (AvgIpc) is 3.27. The van der Waals surface area contributed by atoms with Crippen LogP contribution >= 0.6 is 11.8 Å². The molecule has 2 aromatic heterocycles. The molecule has 2 aromatic rings. The van der Waals surface area contributed by atoms with E-state index in [4.69, 9.17) is 0 Å². The van der Waals surface area contributed by atoms with E-state index in [2.05, 4.69) is 15.5 Å². The first-order valence-corrected chi connectivity index (χ1v) is 11.4. The summed E-state index contributed by atoms with van der Waals surface area (Å²) < 4.78 is 1.80. The summed E-state index contributed by atoms with van der Waals surface area (Å²) in [5.74, 6) is 0.140. The maximum absolute atomic E-state index is 13.0. The third-order valence-electron chi connectivity index (χ3n) is 5.89. The number of pyridine rings is 1. The van der Waals surface area contributed by atoms with Gasteiger partial charge in [0.05, 0.1) is 18.4 Å². The summed E-state index contributed by atoms with van der Waals surface area (Å²) in [4.78, 5) is 40.2. The second-order valence-electron chi connectivity index (χ2n) is 7.60. The van der Waals surface area contributed by atoms with Crippen LogP contribution in [0.15, 0.2) is 24.4 Å². The van der Waals surface area contributed by atoms with E-state index in [0.717, 1.165) is 25.7 Å². The zero-order chi connectivity index (χ0) is 20.4. The van der Waals surface area contributed by atoms with E-state index in [1.54, 1.807) is 16.2 Å². The van der Waals surface area contributed by atoms with Crippen molar-refractivity contribution >= 4 is 35.1 Å². The van der Waals surface area contributed by atoms with Gasteiger partial charge in [-0.25, -0.2) is 0 Å². The molecule has 8 nitrogen and oxygen atoms in total. The third-order valence-corrected chi connectivity index (χ3v) is 6.53. The van der Waals surface area contributed by atoms with Crippen molar-refractivity contribution in [1.29, 1.82) is 0 Å². The van der Waals surface area contributed by atoms with Crippen LogP contribution in [0.1, 0.15) is 37.9 Å². The molecule has 1 aliphatic carbocycles. The number of carbonyl (C=O) groups excluding carboxylic acids is 3. The lowest BCUT2D eigenvalue weighted by molar-refractivity contribution is -0.148. The summed E-state index contributed by atoms with van der Waals surface area (Å²) in [6.07, 6.45) is 7.66. The van der Waals surface area contributed by atoms with Gasteiger partial charge in [-0.15, -0.1) is 10.2 Å². The van der Waals surface area contributed by atoms with Crippen molar-refractivity contribution in [2.24, 2.45) is 11.8 Å². The van der Waals surface area contributed by atoms with E-state index in [-0.39, 0.29) is 36.1 Å². The van der Waals surface area contributed by atoms with Gasteiger partial charge in [-0.05, 0) is 43.4 Å². The Morgan fingerprint density at radius 2 is 1.93 bits per heavy atom. The molecule has 2 aliphatic rings. The van der Waals surface area contributed by atoms with Crippen LogP contribution in [0.4, 0.5) is 0 Å². The van der Waals surface area contributed by atoms with Crippen LogP contribution in [0.5, 0.6) is 0 Å². The summed E-state index contributed by atoms with van der Waals surface area (Å²) in [6, 6.07) is 4.80. The van der Waals surface area contributed by atoms with Crippen LogP contribution in [0.25, 0.3) is 5.65 Å². The Morgan fingerprint density at radius 1 is 1.21 bits per heavy atom. The zero-order valence-corrected chi connectivity index (χ0v) is 17.2. The number of rotatable bonds is 7. The predicted molar refractivity (Wildman–Crippen MR) is 109 cm³/mol. The highest BCUT2D eigenvalue weighted by atomic mass is 32.2. The molecule has 0 aromatic carbocycles. The van der Waals surface area contributed by atoms with Gasteiger partial charge in [0.15, 0.2) is 11.5 Å². The minimum atomic E-state index is -0.771. The summed E-state index contributed by atoms with van der Waals surface area (Å²) >= 11 is 1.60. The van der Waals surface area contributed by atoms with Crippen LogP contribution < -0.4 is 5.32 Å². The van der Waals surface area contributed by atoms with Crippen LogP contribution in [0.3, 0.4) is 0 Å². The Morgan fingerprint density at radius 3 is 2.62 bits per heavy atom. The van der Waals surface area contributed by atoms with Gasteiger partial charge in [-0.2, -0.15) is 11.8 Å².